The predicted octanol–water partition coefficient (Wildman–Crippen LogP) is 4.24. The molecule has 0 saturated heterocycles. The zero-order valence-corrected chi connectivity index (χ0v) is 11.6. The van der Waals surface area contributed by atoms with E-state index in [1.54, 1.807) is 11.3 Å². The minimum Gasteiger partial charge on any atom is -0.324 e. The van der Waals surface area contributed by atoms with Crippen LogP contribution in [-0.4, -0.2) is 5.54 Å². The lowest BCUT2D eigenvalue weighted by Crippen LogP contribution is -2.56. The van der Waals surface area contributed by atoms with Crippen molar-refractivity contribution in [2.45, 2.75) is 51.5 Å². The molecule has 0 aliphatic heterocycles. The highest BCUT2D eigenvalue weighted by molar-refractivity contribution is 7.16. The lowest BCUT2D eigenvalue weighted by atomic mass is 9.62. The van der Waals surface area contributed by atoms with Crippen molar-refractivity contribution >= 4 is 22.9 Å². The van der Waals surface area contributed by atoms with Gasteiger partial charge in [-0.3, -0.25) is 0 Å². The first kappa shape index (κ1) is 12.4. The third-order valence-electron chi connectivity index (χ3n) is 4.14. The Morgan fingerprint density at radius 3 is 2.56 bits per heavy atom. The Bertz CT molecular complexity index is 372. The van der Waals surface area contributed by atoms with E-state index >= 15 is 0 Å². The van der Waals surface area contributed by atoms with Gasteiger partial charge in [-0.05, 0) is 30.4 Å². The van der Waals surface area contributed by atoms with Crippen molar-refractivity contribution in [3.05, 3.63) is 21.3 Å². The largest absolute Gasteiger partial charge is 0.324 e. The van der Waals surface area contributed by atoms with Gasteiger partial charge in [-0.1, -0.05) is 38.3 Å². The van der Waals surface area contributed by atoms with Gasteiger partial charge in [-0.15, -0.1) is 11.3 Å². The van der Waals surface area contributed by atoms with Gasteiger partial charge in [-0.2, -0.15) is 0 Å². The molecule has 0 bridgehead atoms. The smallest absolute Gasteiger partial charge is 0.0931 e. The molecule has 2 N–H and O–H groups in total. The lowest BCUT2D eigenvalue weighted by Gasteiger charge is -2.48. The lowest BCUT2D eigenvalue weighted by molar-refractivity contribution is 0.0998. The van der Waals surface area contributed by atoms with Crippen LogP contribution in [0.2, 0.25) is 4.34 Å². The average Bonchev–Trinajstić information content (AvgIpc) is 2.57. The molecule has 1 fully saturated rings. The van der Waals surface area contributed by atoms with Crippen molar-refractivity contribution in [2.24, 2.45) is 11.1 Å². The van der Waals surface area contributed by atoms with Crippen LogP contribution in [0, 0.1) is 5.41 Å². The molecular weight excluding hydrogens is 238 g/mol. The molecule has 1 aromatic rings. The first-order valence-electron chi connectivity index (χ1n) is 5.96. The molecule has 1 heterocycles. The van der Waals surface area contributed by atoms with E-state index in [1.807, 2.05) is 6.07 Å². The molecule has 1 aliphatic carbocycles. The summed E-state index contributed by atoms with van der Waals surface area (Å²) in [6, 6.07) is 4.09. The van der Waals surface area contributed by atoms with Crippen molar-refractivity contribution in [1.29, 1.82) is 0 Å². The molecule has 1 nitrogen and oxygen atoms in total. The minimum absolute atomic E-state index is 0.0561. The van der Waals surface area contributed by atoms with Crippen molar-refractivity contribution in [3.8, 4) is 0 Å². The van der Waals surface area contributed by atoms with Gasteiger partial charge in [0.2, 0.25) is 0 Å². The molecule has 0 aromatic carbocycles. The van der Waals surface area contributed by atoms with E-state index in [2.05, 4.69) is 19.9 Å². The highest BCUT2D eigenvalue weighted by Gasteiger charge is 2.43. The Balaban J connectivity index is 2.17. The van der Waals surface area contributed by atoms with Crippen LogP contribution >= 0.6 is 22.9 Å². The fourth-order valence-electron chi connectivity index (χ4n) is 2.68. The van der Waals surface area contributed by atoms with Crippen LogP contribution in [-0.2, 0) is 6.42 Å². The molecular formula is C13H20ClNS. The third-order valence-corrected chi connectivity index (χ3v) is 5.37. The van der Waals surface area contributed by atoms with E-state index in [4.69, 9.17) is 17.3 Å². The van der Waals surface area contributed by atoms with Gasteiger partial charge in [0.25, 0.3) is 0 Å². The molecule has 2 rings (SSSR count). The Morgan fingerprint density at radius 2 is 2.00 bits per heavy atom. The summed E-state index contributed by atoms with van der Waals surface area (Å²) in [5.41, 5.74) is 6.82. The molecule has 1 aromatic heterocycles. The van der Waals surface area contributed by atoms with Crippen LogP contribution in [0.5, 0.6) is 0 Å². The summed E-state index contributed by atoms with van der Waals surface area (Å²) in [7, 11) is 0. The predicted molar refractivity (Wildman–Crippen MR) is 72.2 cm³/mol. The molecule has 1 atom stereocenters. The maximum absolute atomic E-state index is 6.64. The fourth-order valence-corrected chi connectivity index (χ4v) is 3.89. The van der Waals surface area contributed by atoms with Gasteiger partial charge in [0.1, 0.15) is 0 Å². The summed E-state index contributed by atoms with van der Waals surface area (Å²) in [6.07, 6.45) is 5.92. The van der Waals surface area contributed by atoms with Crippen molar-refractivity contribution < 1.29 is 0 Å². The first-order valence-corrected chi connectivity index (χ1v) is 7.16. The number of hydrogen-bond acceptors (Lipinski definition) is 2. The number of thiophene rings is 1. The molecule has 0 spiro atoms. The Morgan fingerprint density at radius 1 is 1.31 bits per heavy atom. The summed E-state index contributed by atoms with van der Waals surface area (Å²) in [5.74, 6) is 0. The summed E-state index contributed by atoms with van der Waals surface area (Å²) < 4.78 is 0.868. The zero-order chi connectivity index (χ0) is 11.8. The van der Waals surface area contributed by atoms with Crippen LogP contribution < -0.4 is 5.73 Å². The van der Waals surface area contributed by atoms with Crippen LogP contribution in [0.3, 0.4) is 0 Å². The summed E-state index contributed by atoms with van der Waals surface area (Å²) in [4.78, 5) is 1.32. The van der Waals surface area contributed by atoms with Gasteiger partial charge in [0.05, 0.1) is 4.34 Å². The van der Waals surface area contributed by atoms with E-state index in [1.165, 1.54) is 24.1 Å². The molecule has 1 saturated carbocycles. The minimum atomic E-state index is -0.0561. The second kappa shape index (κ2) is 4.32. The molecule has 1 unspecified atom stereocenters. The Kier molecular flexibility index (Phi) is 3.35. The van der Waals surface area contributed by atoms with Gasteiger partial charge >= 0.3 is 0 Å². The van der Waals surface area contributed by atoms with Gasteiger partial charge in [0.15, 0.2) is 0 Å². The standard InChI is InChI=1S/C13H20ClNS/c1-12(2)7-3-4-8-13(12,15)9-10-5-6-11(14)16-10/h5-6H,3-4,7-9,15H2,1-2H3. The summed E-state index contributed by atoms with van der Waals surface area (Å²) in [6.45, 7) is 4.61. The number of hydrogen-bond donors (Lipinski definition) is 1. The number of rotatable bonds is 2. The van der Waals surface area contributed by atoms with Crippen LogP contribution in [0.4, 0.5) is 0 Å². The van der Waals surface area contributed by atoms with E-state index in [9.17, 15) is 0 Å². The monoisotopic (exact) mass is 257 g/mol. The molecule has 90 valence electrons. The maximum Gasteiger partial charge on any atom is 0.0931 e. The Hall–Kier alpha value is -0.0500. The highest BCUT2D eigenvalue weighted by Crippen LogP contribution is 2.44. The second-order valence-corrected chi connectivity index (χ2v) is 7.43. The van der Waals surface area contributed by atoms with Crippen LogP contribution in [0.15, 0.2) is 12.1 Å². The third kappa shape index (κ3) is 2.29. The van der Waals surface area contributed by atoms with Crippen LogP contribution in [0.1, 0.15) is 44.4 Å². The zero-order valence-electron chi connectivity index (χ0n) is 10.1. The van der Waals surface area contributed by atoms with Crippen molar-refractivity contribution in [1.82, 2.24) is 0 Å². The Labute approximate surface area is 107 Å². The molecule has 1 aliphatic rings. The van der Waals surface area contributed by atoms with Crippen molar-refractivity contribution in [2.75, 3.05) is 0 Å². The maximum atomic E-state index is 6.64. The molecule has 0 radical (unpaired) electrons. The second-order valence-electron chi connectivity index (χ2n) is 5.63. The van der Waals surface area contributed by atoms with Gasteiger partial charge in [0, 0.05) is 16.8 Å². The first-order chi connectivity index (χ1) is 7.43. The number of halogens is 1. The highest BCUT2D eigenvalue weighted by atomic mass is 35.5. The molecule has 16 heavy (non-hydrogen) atoms. The SMILES string of the molecule is CC1(C)CCCCC1(N)Cc1ccc(Cl)s1. The summed E-state index contributed by atoms with van der Waals surface area (Å²) >= 11 is 7.64. The van der Waals surface area contributed by atoms with Gasteiger partial charge in [-0.25, -0.2) is 0 Å². The van der Waals surface area contributed by atoms with Crippen molar-refractivity contribution in [3.63, 3.8) is 0 Å². The fraction of sp³-hybridized carbons (Fsp3) is 0.692. The van der Waals surface area contributed by atoms with E-state index in [0.717, 1.165) is 17.2 Å². The molecule has 0 amide bonds. The van der Waals surface area contributed by atoms with E-state index < -0.39 is 0 Å². The average molecular weight is 258 g/mol. The number of nitrogens with two attached hydrogens (primary N) is 1. The molecule has 3 heteroatoms. The normalized spacial score (nSPS) is 29.2. The van der Waals surface area contributed by atoms with Gasteiger partial charge < -0.3 is 5.73 Å². The van der Waals surface area contributed by atoms with E-state index in [-0.39, 0.29) is 11.0 Å². The van der Waals surface area contributed by atoms with Crippen LogP contribution in [0.25, 0.3) is 0 Å². The summed E-state index contributed by atoms with van der Waals surface area (Å²) in [5, 5.41) is 0. The van der Waals surface area contributed by atoms with E-state index in [0.29, 0.717) is 0 Å². The quantitative estimate of drug-likeness (QED) is 0.843. The topological polar surface area (TPSA) is 26.0 Å².